The fourth-order valence-corrected chi connectivity index (χ4v) is 1.45. The lowest BCUT2D eigenvalue weighted by atomic mass is 10.2. The van der Waals surface area contributed by atoms with Gasteiger partial charge in [-0.2, -0.15) is 0 Å². The van der Waals surface area contributed by atoms with Gasteiger partial charge < -0.3 is 15.2 Å². The number of rotatable bonds is 8. The Morgan fingerprint density at radius 3 is 2.60 bits per heavy atom. The molecule has 108 valence electrons. The molecular formula is C15H19NO4. The molecule has 1 atom stereocenters. The Morgan fingerprint density at radius 2 is 1.95 bits per heavy atom. The zero-order valence-electron chi connectivity index (χ0n) is 11.3. The number of carbonyl (C=O) groups excluding carboxylic acids is 2. The maximum absolute atomic E-state index is 11.5. The molecule has 0 spiro atoms. The molecule has 0 heterocycles. The minimum Gasteiger partial charge on any atom is -0.461 e. The van der Waals surface area contributed by atoms with Gasteiger partial charge in [0.15, 0.2) is 0 Å². The molecule has 5 nitrogen and oxygen atoms in total. The van der Waals surface area contributed by atoms with Crippen LogP contribution in [0.25, 0.3) is 0 Å². The lowest BCUT2D eigenvalue weighted by Crippen LogP contribution is -2.33. The average Bonchev–Trinajstić information content (AvgIpc) is 2.49. The Bertz CT molecular complexity index is 444. The van der Waals surface area contributed by atoms with E-state index in [1.807, 2.05) is 30.3 Å². The second-order valence-corrected chi connectivity index (χ2v) is 4.21. The van der Waals surface area contributed by atoms with E-state index in [0.717, 1.165) is 5.56 Å². The van der Waals surface area contributed by atoms with Crippen LogP contribution < -0.4 is 5.73 Å². The van der Waals surface area contributed by atoms with Crippen molar-refractivity contribution in [2.45, 2.75) is 25.5 Å². The van der Waals surface area contributed by atoms with Crippen LogP contribution in [0.15, 0.2) is 43.0 Å². The first kappa shape index (κ1) is 15.9. The fraction of sp³-hybridized carbons (Fsp3) is 0.333. The third kappa shape index (κ3) is 6.15. The van der Waals surface area contributed by atoms with Gasteiger partial charge in [0.25, 0.3) is 0 Å². The molecule has 1 aromatic rings. The molecule has 1 rings (SSSR count). The fourth-order valence-electron chi connectivity index (χ4n) is 1.45. The van der Waals surface area contributed by atoms with Gasteiger partial charge >= 0.3 is 11.9 Å². The van der Waals surface area contributed by atoms with Crippen molar-refractivity contribution >= 4 is 11.9 Å². The third-order valence-corrected chi connectivity index (χ3v) is 2.55. The van der Waals surface area contributed by atoms with Crippen LogP contribution in [0.1, 0.15) is 18.4 Å². The molecule has 0 radical (unpaired) electrons. The van der Waals surface area contributed by atoms with E-state index < -0.39 is 12.0 Å². The summed E-state index contributed by atoms with van der Waals surface area (Å²) in [4.78, 5) is 22.9. The van der Waals surface area contributed by atoms with Crippen LogP contribution in [0, 0.1) is 0 Å². The summed E-state index contributed by atoms with van der Waals surface area (Å²) in [7, 11) is 0. The zero-order valence-corrected chi connectivity index (χ0v) is 11.3. The lowest BCUT2D eigenvalue weighted by Gasteiger charge is -2.10. The molecule has 0 saturated heterocycles. The summed E-state index contributed by atoms with van der Waals surface area (Å²) in [6.45, 7) is 3.76. The number of carbonyl (C=O) groups is 2. The predicted octanol–water partition coefficient (Wildman–Crippen LogP) is 1.57. The third-order valence-electron chi connectivity index (χ3n) is 2.55. The van der Waals surface area contributed by atoms with Crippen LogP contribution in [-0.2, 0) is 25.7 Å². The summed E-state index contributed by atoms with van der Waals surface area (Å²) in [5.74, 6) is -0.929. The SMILES string of the molecule is C=CCOC(=O)[C@H](N)CCC(=O)OCc1ccccc1. The Kier molecular flexibility index (Phi) is 7.06. The maximum atomic E-state index is 11.5. The summed E-state index contributed by atoms with van der Waals surface area (Å²) in [6.07, 6.45) is 1.74. The van der Waals surface area contributed by atoms with Gasteiger partial charge in [0, 0.05) is 6.42 Å². The van der Waals surface area contributed by atoms with Gasteiger partial charge in [-0.25, -0.2) is 0 Å². The summed E-state index contributed by atoms with van der Waals surface area (Å²) >= 11 is 0. The summed E-state index contributed by atoms with van der Waals surface area (Å²) < 4.78 is 9.86. The molecule has 2 N–H and O–H groups in total. The van der Waals surface area contributed by atoms with Gasteiger partial charge in [-0.3, -0.25) is 9.59 Å². The molecule has 0 aliphatic rings. The molecule has 1 aromatic carbocycles. The number of hydrogen-bond donors (Lipinski definition) is 1. The van der Waals surface area contributed by atoms with Gasteiger partial charge in [0.05, 0.1) is 0 Å². The van der Waals surface area contributed by atoms with Crippen LogP contribution in [0.5, 0.6) is 0 Å². The molecule has 0 aliphatic heterocycles. The van der Waals surface area contributed by atoms with Crippen molar-refractivity contribution in [1.82, 2.24) is 0 Å². The van der Waals surface area contributed by atoms with E-state index in [9.17, 15) is 9.59 Å². The second kappa shape index (κ2) is 8.87. The minimum atomic E-state index is -0.820. The standard InChI is InChI=1S/C15H19NO4/c1-2-10-19-15(18)13(16)8-9-14(17)20-11-12-6-4-3-5-7-12/h2-7,13H,1,8-11,16H2/t13-/m1/s1. The Labute approximate surface area is 118 Å². The zero-order chi connectivity index (χ0) is 14.8. The van der Waals surface area contributed by atoms with E-state index in [2.05, 4.69) is 6.58 Å². The average molecular weight is 277 g/mol. The van der Waals surface area contributed by atoms with Crippen molar-refractivity contribution in [2.75, 3.05) is 6.61 Å². The lowest BCUT2D eigenvalue weighted by molar-refractivity contribution is -0.146. The highest BCUT2D eigenvalue weighted by Crippen LogP contribution is 2.04. The van der Waals surface area contributed by atoms with Gasteiger partial charge in [0.2, 0.25) is 0 Å². The maximum Gasteiger partial charge on any atom is 0.323 e. The number of nitrogens with two attached hydrogens (primary N) is 1. The smallest absolute Gasteiger partial charge is 0.323 e. The Balaban J connectivity index is 2.22. The minimum absolute atomic E-state index is 0.0805. The number of esters is 2. The van der Waals surface area contributed by atoms with Crippen molar-refractivity contribution in [3.05, 3.63) is 48.6 Å². The molecule has 0 aromatic heterocycles. The van der Waals surface area contributed by atoms with E-state index in [1.165, 1.54) is 6.08 Å². The topological polar surface area (TPSA) is 78.6 Å². The van der Waals surface area contributed by atoms with Gasteiger partial charge in [-0.05, 0) is 12.0 Å². The molecular weight excluding hydrogens is 258 g/mol. The second-order valence-electron chi connectivity index (χ2n) is 4.21. The Morgan fingerprint density at radius 1 is 1.25 bits per heavy atom. The largest absolute Gasteiger partial charge is 0.461 e. The molecule has 20 heavy (non-hydrogen) atoms. The van der Waals surface area contributed by atoms with Crippen molar-refractivity contribution < 1.29 is 19.1 Å². The van der Waals surface area contributed by atoms with Crippen molar-refractivity contribution in [3.8, 4) is 0 Å². The summed E-state index contributed by atoms with van der Waals surface area (Å²) in [6, 6.07) is 8.54. The van der Waals surface area contributed by atoms with Crippen molar-refractivity contribution in [3.63, 3.8) is 0 Å². The van der Waals surface area contributed by atoms with E-state index >= 15 is 0 Å². The monoisotopic (exact) mass is 277 g/mol. The van der Waals surface area contributed by atoms with Gasteiger partial charge in [0.1, 0.15) is 19.3 Å². The molecule has 0 aliphatic carbocycles. The highest BCUT2D eigenvalue weighted by molar-refractivity contribution is 5.77. The van der Waals surface area contributed by atoms with Crippen molar-refractivity contribution in [2.24, 2.45) is 5.73 Å². The van der Waals surface area contributed by atoms with Gasteiger partial charge in [-0.15, -0.1) is 0 Å². The van der Waals surface area contributed by atoms with E-state index in [4.69, 9.17) is 15.2 Å². The quantitative estimate of drug-likeness (QED) is 0.576. The number of hydrogen-bond acceptors (Lipinski definition) is 5. The van der Waals surface area contributed by atoms with E-state index in [-0.39, 0.29) is 32.0 Å². The van der Waals surface area contributed by atoms with Gasteiger partial charge in [-0.1, -0.05) is 43.0 Å². The normalized spacial score (nSPS) is 11.4. The van der Waals surface area contributed by atoms with Crippen LogP contribution in [-0.4, -0.2) is 24.6 Å². The van der Waals surface area contributed by atoms with Crippen LogP contribution in [0.2, 0.25) is 0 Å². The Hall–Kier alpha value is -2.14. The van der Waals surface area contributed by atoms with E-state index in [1.54, 1.807) is 0 Å². The first-order chi connectivity index (χ1) is 9.63. The first-order valence-electron chi connectivity index (χ1n) is 6.36. The molecule has 0 unspecified atom stereocenters. The molecule has 0 bridgehead atoms. The van der Waals surface area contributed by atoms with Crippen LogP contribution >= 0.6 is 0 Å². The molecule has 0 fully saturated rings. The van der Waals surface area contributed by atoms with Crippen LogP contribution in [0.3, 0.4) is 0 Å². The number of benzene rings is 1. The highest BCUT2D eigenvalue weighted by atomic mass is 16.5. The van der Waals surface area contributed by atoms with Crippen LogP contribution in [0.4, 0.5) is 0 Å². The highest BCUT2D eigenvalue weighted by Gasteiger charge is 2.16. The predicted molar refractivity (Wildman–Crippen MR) is 74.6 cm³/mol. The van der Waals surface area contributed by atoms with E-state index in [0.29, 0.717) is 0 Å². The molecule has 5 heteroatoms. The summed E-state index contributed by atoms with van der Waals surface area (Å²) in [5, 5.41) is 0. The van der Waals surface area contributed by atoms with Crippen molar-refractivity contribution in [1.29, 1.82) is 0 Å². The first-order valence-corrected chi connectivity index (χ1v) is 6.36. The number of ether oxygens (including phenoxy) is 2. The summed E-state index contributed by atoms with van der Waals surface area (Å²) in [5.41, 5.74) is 6.51. The molecule has 0 amide bonds. The molecule has 0 saturated carbocycles.